The third kappa shape index (κ3) is 2.90. The van der Waals surface area contributed by atoms with Gasteiger partial charge in [0.2, 0.25) is 8.32 Å². The SMILES string of the molecule is CC(C)(C)[Si](C)(C)Oc1ccc2sc(C=O)cc2c1. The van der Waals surface area contributed by atoms with Crippen molar-refractivity contribution < 1.29 is 9.22 Å². The van der Waals surface area contributed by atoms with E-state index in [0.29, 0.717) is 0 Å². The number of benzene rings is 1. The van der Waals surface area contributed by atoms with Gasteiger partial charge in [-0.1, -0.05) is 20.8 Å². The zero-order chi connectivity index (χ0) is 14.3. The highest BCUT2D eigenvalue weighted by atomic mass is 32.1. The molecule has 0 saturated heterocycles. The summed E-state index contributed by atoms with van der Waals surface area (Å²) in [6.45, 7) is 11.2. The largest absolute Gasteiger partial charge is 0.543 e. The number of fused-ring (bicyclic) bond motifs is 1. The second kappa shape index (κ2) is 4.76. The maximum Gasteiger partial charge on any atom is 0.250 e. The molecule has 2 rings (SSSR count). The molecule has 2 aromatic rings. The maximum absolute atomic E-state index is 10.8. The predicted molar refractivity (Wildman–Crippen MR) is 85.0 cm³/mol. The molecule has 0 fully saturated rings. The van der Waals surface area contributed by atoms with Crippen molar-refractivity contribution in [1.82, 2.24) is 0 Å². The molecule has 0 unspecified atom stereocenters. The maximum atomic E-state index is 10.8. The smallest absolute Gasteiger partial charge is 0.250 e. The Morgan fingerprint density at radius 1 is 1.21 bits per heavy atom. The minimum atomic E-state index is -1.80. The highest BCUT2D eigenvalue weighted by Crippen LogP contribution is 2.38. The summed E-state index contributed by atoms with van der Waals surface area (Å²) in [6, 6.07) is 8.01. The average Bonchev–Trinajstić information content (AvgIpc) is 2.69. The molecule has 2 nitrogen and oxygen atoms in total. The average molecular weight is 292 g/mol. The standard InChI is InChI=1S/C15H20O2SSi/c1-15(2,3)19(4,5)17-12-6-7-14-11(8-12)9-13(10-16)18-14/h6-10H,1-5H3. The summed E-state index contributed by atoms with van der Waals surface area (Å²) in [5.74, 6) is 0.911. The van der Waals surface area contributed by atoms with Crippen molar-refractivity contribution in [3.63, 3.8) is 0 Å². The number of hydrogen-bond acceptors (Lipinski definition) is 3. The Balaban J connectivity index is 2.34. The summed E-state index contributed by atoms with van der Waals surface area (Å²) in [5, 5.41) is 1.27. The van der Waals surface area contributed by atoms with E-state index in [4.69, 9.17) is 4.43 Å². The predicted octanol–water partition coefficient (Wildman–Crippen LogP) is 5.10. The zero-order valence-electron chi connectivity index (χ0n) is 12.1. The van der Waals surface area contributed by atoms with Gasteiger partial charge in [-0.25, -0.2) is 0 Å². The molecule has 0 saturated carbocycles. The van der Waals surface area contributed by atoms with Crippen LogP contribution in [0.5, 0.6) is 5.75 Å². The van der Waals surface area contributed by atoms with Gasteiger partial charge < -0.3 is 4.43 Å². The van der Waals surface area contributed by atoms with Crippen LogP contribution in [0.1, 0.15) is 30.4 Å². The summed E-state index contributed by atoms with van der Waals surface area (Å²) >= 11 is 1.52. The van der Waals surface area contributed by atoms with E-state index in [-0.39, 0.29) is 5.04 Å². The fourth-order valence-corrected chi connectivity index (χ4v) is 3.49. The quantitative estimate of drug-likeness (QED) is 0.581. The lowest BCUT2D eigenvalue weighted by molar-refractivity contribution is 0.112. The van der Waals surface area contributed by atoms with Crippen LogP contribution in [0, 0.1) is 0 Å². The van der Waals surface area contributed by atoms with Crippen molar-refractivity contribution in [1.29, 1.82) is 0 Å². The molecule has 1 heterocycles. The van der Waals surface area contributed by atoms with Crippen LogP contribution in [0.3, 0.4) is 0 Å². The van der Waals surface area contributed by atoms with Crippen molar-refractivity contribution in [2.75, 3.05) is 0 Å². The van der Waals surface area contributed by atoms with Crippen molar-refractivity contribution in [2.45, 2.75) is 38.9 Å². The van der Waals surface area contributed by atoms with Crippen LogP contribution in [-0.2, 0) is 0 Å². The molecule has 1 aromatic heterocycles. The molecular weight excluding hydrogens is 272 g/mol. The summed E-state index contributed by atoms with van der Waals surface area (Å²) in [4.78, 5) is 11.6. The Kier molecular flexibility index (Phi) is 3.58. The lowest BCUT2D eigenvalue weighted by Gasteiger charge is -2.36. The topological polar surface area (TPSA) is 26.3 Å². The molecule has 0 aliphatic carbocycles. The normalized spacial score (nSPS) is 12.7. The second-order valence-corrected chi connectivity index (χ2v) is 12.2. The molecule has 1 aromatic carbocycles. The molecule has 0 radical (unpaired) electrons. The molecule has 102 valence electrons. The van der Waals surface area contributed by atoms with Crippen LogP contribution in [0.2, 0.25) is 18.1 Å². The molecule has 0 aliphatic rings. The zero-order valence-corrected chi connectivity index (χ0v) is 13.9. The molecule has 0 amide bonds. The number of carbonyl (C=O) groups is 1. The highest BCUT2D eigenvalue weighted by molar-refractivity contribution is 7.20. The van der Waals surface area contributed by atoms with E-state index in [1.54, 1.807) is 0 Å². The van der Waals surface area contributed by atoms with Gasteiger partial charge in [-0.05, 0) is 47.8 Å². The summed E-state index contributed by atoms with van der Waals surface area (Å²) in [6.07, 6.45) is 0.902. The van der Waals surface area contributed by atoms with E-state index >= 15 is 0 Å². The number of rotatable bonds is 3. The minimum Gasteiger partial charge on any atom is -0.543 e. The van der Waals surface area contributed by atoms with Crippen molar-refractivity contribution in [3.8, 4) is 5.75 Å². The molecule has 0 atom stereocenters. The Labute approximate surface area is 119 Å². The highest BCUT2D eigenvalue weighted by Gasteiger charge is 2.38. The van der Waals surface area contributed by atoms with E-state index < -0.39 is 8.32 Å². The van der Waals surface area contributed by atoms with E-state index in [1.807, 2.05) is 24.3 Å². The van der Waals surface area contributed by atoms with Crippen LogP contribution < -0.4 is 4.43 Å². The third-order valence-electron chi connectivity index (χ3n) is 3.80. The number of hydrogen-bond donors (Lipinski definition) is 0. The Morgan fingerprint density at radius 2 is 1.89 bits per heavy atom. The van der Waals surface area contributed by atoms with Gasteiger partial charge in [-0.2, -0.15) is 0 Å². The molecule has 19 heavy (non-hydrogen) atoms. The molecule has 0 N–H and O–H groups in total. The fraction of sp³-hybridized carbons (Fsp3) is 0.400. The van der Waals surface area contributed by atoms with Gasteiger partial charge in [-0.15, -0.1) is 11.3 Å². The molecule has 0 spiro atoms. The first-order valence-corrected chi connectivity index (χ1v) is 10.1. The lowest BCUT2D eigenvalue weighted by Crippen LogP contribution is -2.43. The first-order valence-electron chi connectivity index (χ1n) is 6.41. The first-order chi connectivity index (χ1) is 8.73. The van der Waals surface area contributed by atoms with Gasteiger partial charge in [0.05, 0.1) is 4.88 Å². The van der Waals surface area contributed by atoms with Crippen LogP contribution in [0.15, 0.2) is 24.3 Å². The van der Waals surface area contributed by atoms with Crippen LogP contribution in [0.25, 0.3) is 10.1 Å². The van der Waals surface area contributed by atoms with Gasteiger partial charge in [0.1, 0.15) is 5.75 Å². The number of thiophene rings is 1. The van der Waals surface area contributed by atoms with Crippen molar-refractivity contribution in [3.05, 3.63) is 29.1 Å². The van der Waals surface area contributed by atoms with Crippen molar-refractivity contribution >= 4 is 36.0 Å². The van der Waals surface area contributed by atoms with Crippen molar-refractivity contribution in [2.24, 2.45) is 0 Å². The van der Waals surface area contributed by atoms with Gasteiger partial charge >= 0.3 is 0 Å². The van der Waals surface area contributed by atoms with Crippen LogP contribution >= 0.6 is 11.3 Å². The first kappa shape index (κ1) is 14.3. The molecular formula is C15H20O2SSi. The molecule has 0 aliphatic heterocycles. The second-order valence-electron chi connectivity index (χ2n) is 6.33. The van der Waals surface area contributed by atoms with Gasteiger partial charge in [0.25, 0.3) is 0 Å². The van der Waals surface area contributed by atoms with Crippen LogP contribution in [-0.4, -0.2) is 14.6 Å². The van der Waals surface area contributed by atoms with Crippen LogP contribution in [0.4, 0.5) is 0 Å². The molecule has 0 bridgehead atoms. The monoisotopic (exact) mass is 292 g/mol. The Hall–Kier alpha value is -1.13. The van der Waals surface area contributed by atoms with Gasteiger partial charge in [0, 0.05) is 4.70 Å². The van der Waals surface area contributed by atoms with Gasteiger partial charge in [0.15, 0.2) is 6.29 Å². The Morgan fingerprint density at radius 3 is 2.47 bits per heavy atom. The van der Waals surface area contributed by atoms with E-state index in [0.717, 1.165) is 27.0 Å². The minimum absolute atomic E-state index is 0.185. The van der Waals surface area contributed by atoms with E-state index in [2.05, 4.69) is 33.9 Å². The molecule has 4 heteroatoms. The summed E-state index contributed by atoms with van der Waals surface area (Å²) < 4.78 is 7.40. The lowest BCUT2D eigenvalue weighted by atomic mass is 10.2. The summed E-state index contributed by atoms with van der Waals surface area (Å²) in [7, 11) is -1.80. The number of carbonyl (C=O) groups excluding carboxylic acids is 1. The van der Waals surface area contributed by atoms with E-state index in [1.165, 1.54) is 11.3 Å². The van der Waals surface area contributed by atoms with E-state index in [9.17, 15) is 4.79 Å². The Bertz CT molecular complexity index is 608. The fourth-order valence-electron chi connectivity index (χ4n) is 1.61. The summed E-state index contributed by atoms with van der Waals surface area (Å²) in [5.41, 5.74) is 0. The number of aldehydes is 1. The van der Waals surface area contributed by atoms with Gasteiger partial charge in [-0.3, -0.25) is 4.79 Å². The third-order valence-corrected chi connectivity index (χ3v) is 9.20.